The maximum Gasteiger partial charge on any atom is 0.0403 e. The van der Waals surface area contributed by atoms with Gasteiger partial charge in [-0.2, -0.15) is 0 Å². The molecule has 0 saturated heterocycles. The molecule has 30 heavy (non-hydrogen) atoms. The predicted octanol–water partition coefficient (Wildman–Crippen LogP) is 8.59. The summed E-state index contributed by atoms with van der Waals surface area (Å²) >= 11 is 0. The normalized spacial score (nSPS) is 17.2. The van der Waals surface area contributed by atoms with Crippen LogP contribution in [-0.4, -0.2) is 11.9 Å². The number of hydrogen-bond donors (Lipinski definition) is 0. The van der Waals surface area contributed by atoms with E-state index in [2.05, 4.69) is 77.0 Å². The number of hydrogen-bond acceptors (Lipinski definition) is 2. The number of aliphatic imine (C=N–C) groups is 2. The average molecular weight is 407 g/mol. The Morgan fingerprint density at radius 2 is 1.90 bits per heavy atom. The van der Waals surface area contributed by atoms with E-state index in [0.717, 1.165) is 24.0 Å². The van der Waals surface area contributed by atoms with Gasteiger partial charge in [0.05, 0.1) is 0 Å². The van der Waals surface area contributed by atoms with Crippen molar-refractivity contribution in [1.82, 2.24) is 0 Å². The Bertz CT molecular complexity index is 808. The molecule has 1 aromatic rings. The molecule has 2 heteroatoms. The van der Waals surface area contributed by atoms with E-state index in [9.17, 15) is 0 Å². The summed E-state index contributed by atoms with van der Waals surface area (Å²) in [5.41, 5.74) is 7.61. The fourth-order valence-corrected chi connectivity index (χ4v) is 4.05. The van der Waals surface area contributed by atoms with Crippen molar-refractivity contribution in [2.75, 3.05) is 0 Å². The van der Waals surface area contributed by atoms with Gasteiger partial charge in [-0.05, 0) is 86.1 Å². The largest absolute Gasteiger partial charge is 0.266 e. The third kappa shape index (κ3) is 6.79. The fourth-order valence-electron chi connectivity index (χ4n) is 4.05. The molecule has 0 aliphatic carbocycles. The molecule has 0 spiro atoms. The molecule has 0 radical (unpaired) electrons. The van der Waals surface area contributed by atoms with Crippen molar-refractivity contribution in [2.24, 2.45) is 27.7 Å². The van der Waals surface area contributed by atoms with Gasteiger partial charge in [-0.15, -0.1) is 0 Å². The standard InChI is InChI=1S/C28H42N2/c1-8-10-12-24(16-15-21(5)20(3)4)28-18-27(19-30-28)26-14-11-13-25(17-26)22(6)23(7)29-9-2/h9,11,13-14,17,19-21,24H,8,10,12,15-16,18H2,1-7H3/b23-22+,29-9?. The number of rotatable bonds is 11. The van der Waals surface area contributed by atoms with Gasteiger partial charge < -0.3 is 0 Å². The molecule has 2 unspecified atom stereocenters. The topological polar surface area (TPSA) is 24.7 Å². The lowest BCUT2D eigenvalue weighted by Crippen LogP contribution is -2.16. The number of unbranched alkanes of at least 4 members (excludes halogenated alkanes) is 1. The zero-order valence-electron chi connectivity index (χ0n) is 20.3. The molecule has 2 atom stereocenters. The van der Waals surface area contributed by atoms with E-state index in [1.54, 1.807) is 0 Å². The summed E-state index contributed by atoms with van der Waals surface area (Å²) in [6, 6.07) is 8.87. The first-order valence-electron chi connectivity index (χ1n) is 11.9. The Balaban J connectivity index is 2.11. The maximum atomic E-state index is 4.93. The Morgan fingerprint density at radius 3 is 2.57 bits per heavy atom. The van der Waals surface area contributed by atoms with Crippen molar-refractivity contribution in [3.05, 3.63) is 47.3 Å². The molecule has 0 saturated carbocycles. The lowest BCUT2D eigenvalue weighted by atomic mass is 9.84. The zero-order chi connectivity index (χ0) is 22.1. The van der Waals surface area contributed by atoms with Crippen LogP contribution in [0.25, 0.3) is 11.1 Å². The third-order valence-corrected chi connectivity index (χ3v) is 6.78. The van der Waals surface area contributed by atoms with Gasteiger partial charge in [0.25, 0.3) is 0 Å². The summed E-state index contributed by atoms with van der Waals surface area (Å²) in [7, 11) is 0. The number of nitrogens with zero attached hydrogens (tertiary/aromatic N) is 2. The van der Waals surface area contributed by atoms with Crippen LogP contribution >= 0.6 is 0 Å². The van der Waals surface area contributed by atoms with Crippen molar-refractivity contribution < 1.29 is 0 Å². The van der Waals surface area contributed by atoms with E-state index in [1.807, 2.05) is 13.1 Å². The quantitative estimate of drug-likeness (QED) is 0.329. The van der Waals surface area contributed by atoms with Gasteiger partial charge in [0.15, 0.2) is 0 Å². The van der Waals surface area contributed by atoms with E-state index in [-0.39, 0.29) is 0 Å². The van der Waals surface area contributed by atoms with E-state index >= 15 is 0 Å². The minimum absolute atomic E-state index is 0.630. The first-order valence-corrected chi connectivity index (χ1v) is 11.9. The highest BCUT2D eigenvalue weighted by Gasteiger charge is 2.22. The van der Waals surface area contributed by atoms with Crippen molar-refractivity contribution in [3.63, 3.8) is 0 Å². The molecular formula is C28H42N2. The van der Waals surface area contributed by atoms with Crippen LogP contribution in [0.1, 0.15) is 98.1 Å². The summed E-state index contributed by atoms with van der Waals surface area (Å²) in [6.45, 7) is 15.6. The van der Waals surface area contributed by atoms with Gasteiger partial charge in [0.2, 0.25) is 0 Å². The monoisotopic (exact) mass is 406 g/mol. The minimum Gasteiger partial charge on any atom is -0.266 e. The Hall–Kier alpha value is -1.96. The summed E-state index contributed by atoms with van der Waals surface area (Å²) in [6.07, 6.45) is 11.4. The van der Waals surface area contributed by atoms with Gasteiger partial charge in [-0.3, -0.25) is 9.98 Å². The highest BCUT2D eigenvalue weighted by molar-refractivity contribution is 5.99. The molecular weight excluding hydrogens is 364 g/mol. The van der Waals surface area contributed by atoms with Gasteiger partial charge in [-0.1, -0.05) is 58.7 Å². The Kier molecular flexibility index (Phi) is 9.75. The van der Waals surface area contributed by atoms with E-state index in [1.165, 1.54) is 60.1 Å². The summed E-state index contributed by atoms with van der Waals surface area (Å²) in [5.74, 6) is 2.17. The van der Waals surface area contributed by atoms with Crippen molar-refractivity contribution in [3.8, 4) is 0 Å². The first kappa shape index (κ1) is 24.3. The molecule has 0 N–H and O–H groups in total. The molecule has 1 heterocycles. The first-order chi connectivity index (χ1) is 14.4. The molecule has 164 valence electrons. The second kappa shape index (κ2) is 12.0. The summed E-state index contributed by atoms with van der Waals surface area (Å²) in [4.78, 5) is 9.38. The molecule has 1 aromatic carbocycles. The van der Waals surface area contributed by atoms with Crippen LogP contribution in [0.15, 0.2) is 46.1 Å². The Labute approximate surface area is 185 Å². The van der Waals surface area contributed by atoms with Crippen LogP contribution in [0.2, 0.25) is 0 Å². The predicted molar refractivity (Wildman–Crippen MR) is 135 cm³/mol. The lowest BCUT2D eigenvalue weighted by molar-refractivity contribution is 0.359. The lowest BCUT2D eigenvalue weighted by Gasteiger charge is -2.21. The third-order valence-electron chi connectivity index (χ3n) is 6.78. The second-order valence-corrected chi connectivity index (χ2v) is 9.27. The van der Waals surface area contributed by atoms with Crippen LogP contribution < -0.4 is 0 Å². The van der Waals surface area contributed by atoms with Gasteiger partial charge in [0.1, 0.15) is 0 Å². The van der Waals surface area contributed by atoms with Gasteiger partial charge >= 0.3 is 0 Å². The van der Waals surface area contributed by atoms with Crippen LogP contribution in [0.5, 0.6) is 0 Å². The van der Waals surface area contributed by atoms with Crippen LogP contribution in [0, 0.1) is 17.8 Å². The van der Waals surface area contributed by atoms with Gasteiger partial charge in [0, 0.05) is 30.2 Å². The van der Waals surface area contributed by atoms with Crippen molar-refractivity contribution in [1.29, 1.82) is 0 Å². The fraction of sp³-hybridized carbons (Fsp3) is 0.571. The minimum atomic E-state index is 0.630. The zero-order valence-corrected chi connectivity index (χ0v) is 20.3. The summed E-state index contributed by atoms with van der Waals surface area (Å²) < 4.78 is 0. The Morgan fingerprint density at radius 1 is 1.13 bits per heavy atom. The highest BCUT2D eigenvalue weighted by Crippen LogP contribution is 2.33. The maximum absolute atomic E-state index is 4.93. The highest BCUT2D eigenvalue weighted by atomic mass is 14.7. The molecule has 0 fully saturated rings. The molecule has 1 aliphatic heterocycles. The van der Waals surface area contributed by atoms with E-state index < -0.39 is 0 Å². The van der Waals surface area contributed by atoms with Crippen molar-refractivity contribution in [2.45, 2.75) is 87.0 Å². The number of benzene rings is 1. The average Bonchev–Trinajstić information content (AvgIpc) is 3.23. The van der Waals surface area contributed by atoms with E-state index in [0.29, 0.717) is 5.92 Å². The molecule has 0 bridgehead atoms. The molecule has 0 amide bonds. The molecule has 2 nitrogen and oxygen atoms in total. The summed E-state index contributed by atoms with van der Waals surface area (Å²) in [5, 5.41) is 0. The van der Waals surface area contributed by atoms with Crippen molar-refractivity contribution >= 4 is 23.1 Å². The SMILES string of the molecule is CC=N/C(C)=C(\C)c1cccc(C2=CN=C(C(CCCC)CCC(C)C(C)C)C2)c1. The second-order valence-electron chi connectivity index (χ2n) is 9.27. The van der Waals surface area contributed by atoms with E-state index in [4.69, 9.17) is 4.99 Å². The van der Waals surface area contributed by atoms with Crippen LogP contribution in [-0.2, 0) is 0 Å². The smallest absolute Gasteiger partial charge is 0.0403 e. The molecule has 0 aromatic heterocycles. The van der Waals surface area contributed by atoms with Crippen LogP contribution in [0.4, 0.5) is 0 Å². The van der Waals surface area contributed by atoms with Crippen LogP contribution in [0.3, 0.4) is 0 Å². The van der Waals surface area contributed by atoms with Gasteiger partial charge in [-0.25, -0.2) is 0 Å². The number of allylic oxidation sites excluding steroid dienone is 3. The molecule has 2 rings (SSSR count). The molecule has 1 aliphatic rings.